The van der Waals surface area contributed by atoms with Gasteiger partial charge >= 0.3 is 0 Å². The summed E-state index contributed by atoms with van der Waals surface area (Å²) in [6.45, 7) is 1.78. The third-order valence-electron chi connectivity index (χ3n) is 1.57. The number of aryl methyl sites for hydroxylation is 1. The van der Waals surface area contributed by atoms with Crippen LogP contribution < -0.4 is 16.2 Å². The lowest BCUT2D eigenvalue weighted by Gasteiger charge is -2.04. The molecule has 1 rings (SSSR count). The molecule has 3 N–H and O–H groups in total. The molecule has 0 fully saturated rings. The number of likely N-dealkylation sites (N-methyl/N-ethyl adjacent to an activating group) is 1. The van der Waals surface area contributed by atoms with E-state index in [9.17, 15) is 9.59 Å². The molecular formula is C8H12N4O2. The van der Waals surface area contributed by atoms with Crippen molar-refractivity contribution in [2.45, 2.75) is 6.92 Å². The van der Waals surface area contributed by atoms with Gasteiger partial charge in [0.15, 0.2) is 0 Å². The van der Waals surface area contributed by atoms with E-state index in [1.807, 2.05) is 0 Å². The molecular weight excluding hydrogens is 184 g/mol. The van der Waals surface area contributed by atoms with Gasteiger partial charge in [0.25, 0.3) is 5.56 Å². The van der Waals surface area contributed by atoms with Gasteiger partial charge in [-0.3, -0.25) is 9.59 Å². The van der Waals surface area contributed by atoms with Crippen LogP contribution in [0, 0.1) is 6.92 Å². The van der Waals surface area contributed by atoms with Crippen molar-refractivity contribution < 1.29 is 4.79 Å². The van der Waals surface area contributed by atoms with Crippen molar-refractivity contribution in [1.29, 1.82) is 0 Å². The molecule has 0 aliphatic rings. The van der Waals surface area contributed by atoms with Crippen molar-refractivity contribution in [3.63, 3.8) is 0 Å². The molecule has 1 aromatic heterocycles. The second kappa shape index (κ2) is 4.40. The van der Waals surface area contributed by atoms with Crippen molar-refractivity contribution in [3.8, 4) is 0 Å². The van der Waals surface area contributed by atoms with Crippen LogP contribution in [0.5, 0.6) is 0 Å². The highest BCUT2D eigenvalue weighted by molar-refractivity contribution is 5.79. The largest absolute Gasteiger partial charge is 0.361 e. The Morgan fingerprint density at radius 2 is 2.36 bits per heavy atom. The molecule has 1 amide bonds. The van der Waals surface area contributed by atoms with Crippen molar-refractivity contribution >= 4 is 11.7 Å². The highest BCUT2D eigenvalue weighted by Gasteiger charge is 2.00. The van der Waals surface area contributed by atoms with Gasteiger partial charge in [0, 0.05) is 13.1 Å². The number of carbonyl (C=O) groups excluding carboxylic acids is 1. The Hall–Kier alpha value is -1.85. The standard InChI is InChI=1S/C8H12N4O2/c1-5-11-6(3-7(13)12-5)10-4-8(14)9-2/h3H,4H2,1-2H3,(H,9,14)(H2,10,11,12,13). The predicted octanol–water partition coefficient (Wildman–Crippen LogP) is -0.764. The summed E-state index contributed by atoms with van der Waals surface area (Å²) in [5.41, 5.74) is -0.239. The summed E-state index contributed by atoms with van der Waals surface area (Å²) in [5, 5.41) is 5.18. The molecule has 14 heavy (non-hydrogen) atoms. The van der Waals surface area contributed by atoms with Gasteiger partial charge in [-0.2, -0.15) is 0 Å². The quantitative estimate of drug-likeness (QED) is 0.592. The van der Waals surface area contributed by atoms with Gasteiger partial charge in [0.2, 0.25) is 5.91 Å². The Morgan fingerprint density at radius 3 is 2.93 bits per heavy atom. The minimum Gasteiger partial charge on any atom is -0.361 e. The molecule has 0 bridgehead atoms. The zero-order valence-corrected chi connectivity index (χ0v) is 8.05. The number of H-pyrrole nitrogens is 1. The molecule has 0 atom stereocenters. The molecule has 0 aromatic carbocycles. The average molecular weight is 196 g/mol. The van der Waals surface area contributed by atoms with Crippen LogP contribution >= 0.6 is 0 Å². The summed E-state index contributed by atoms with van der Waals surface area (Å²) in [4.78, 5) is 28.4. The predicted molar refractivity (Wildman–Crippen MR) is 52.2 cm³/mol. The molecule has 6 heteroatoms. The van der Waals surface area contributed by atoms with Gasteiger partial charge < -0.3 is 15.6 Å². The van der Waals surface area contributed by atoms with Gasteiger partial charge in [0.05, 0.1) is 6.54 Å². The van der Waals surface area contributed by atoms with Crippen LogP contribution in [0.15, 0.2) is 10.9 Å². The van der Waals surface area contributed by atoms with E-state index in [0.29, 0.717) is 11.6 Å². The summed E-state index contributed by atoms with van der Waals surface area (Å²) in [7, 11) is 1.54. The van der Waals surface area contributed by atoms with Crippen LogP contribution in [0.4, 0.5) is 5.82 Å². The maximum Gasteiger partial charge on any atom is 0.252 e. The molecule has 0 aliphatic heterocycles. The lowest BCUT2D eigenvalue weighted by atomic mass is 10.5. The fraction of sp³-hybridized carbons (Fsp3) is 0.375. The van der Waals surface area contributed by atoms with Crippen LogP contribution in [-0.4, -0.2) is 29.5 Å². The number of aromatic nitrogens is 2. The first kappa shape index (κ1) is 10.2. The molecule has 6 nitrogen and oxygen atoms in total. The van der Waals surface area contributed by atoms with Crippen molar-refractivity contribution in [2.75, 3.05) is 18.9 Å². The molecule has 0 unspecified atom stereocenters. The number of carbonyl (C=O) groups is 1. The van der Waals surface area contributed by atoms with Gasteiger partial charge in [-0.1, -0.05) is 0 Å². The fourth-order valence-electron chi connectivity index (χ4n) is 0.929. The van der Waals surface area contributed by atoms with Crippen molar-refractivity contribution in [1.82, 2.24) is 15.3 Å². The molecule has 0 spiro atoms. The van der Waals surface area contributed by atoms with E-state index < -0.39 is 0 Å². The molecule has 1 aromatic rings. The summed E-state index contributed by atoms with van der Waals surface area (Å²) in [6.07, 6.45) is 0. The normalized spacial score (nSPS) is 9.57. The SMILES string of the molecule is CNC(=O)CNc1cc(=O)[nH]c(C)n1. The third kappa shape index (κ3) is 2.89. The van der Waals surface area contributed by atoms with Gasteiger partial charge in [-0.25, -0.2) is 4.98 Å². The zero-order chi connectivity index (χ0) is 10.6. The number of hydrogen-bond acceptors (Lipinski definition) is 4. The Labute approximate surface area is 80.8 Å². The highest BCUT2D eigenvalue weighted by atomic mass is 16.1. The second-order valence-electron chi connectivity index (χ2n) is 2.74. The van der Waals surface area contributed by atoms with Crippen LogP contribution in [0.25, 0.3) is 0 Å². The number of rotatable bonds is 3. The fourth-order valence-corrected chi connectivity index (χ4v) is 0.929. The Bertz CT molecular complexity index is 385. The molecule has 76 valence electrons. The number of nitrogens with zero attached hydrogens (tertiary/aromatic N) is 1. The summed E-state index contributed by atoms with van der Waals surface area (Å²) in [5.74, 6) is 0.747. The smallest absolute Gasteiger partial charge is 0.252 e. The molecule has 0 saturated carbocycles. The van der Waals surface area contributed by atoms with Crippen LogP contribution in [-0.2, 0) is 4.79 Å². The lowest BCUT2D eigenvalue weighted by Crippen LogP contribution is -2.27. The Morgan fingerprint density at radius 1 is 1.64 bits per heavy atom. The number of hydrogen-bond donors (Lipinski definition) is 3. The summed E-state index contributed by atoms with van der Waals surface area (Å²) in [6, 6.07) is 1.30. The maximum absolute atomic E-state index is 11.0. The topological polar surface area (TPSA) is 86.9 Å². The van der Waals surface area contributed by atoms with E-state index in [-0.39, 0.29) is 18.0 Å². The molecule has 0 radical (unpaired) electrons. The van der Waals surface area contributed by atoms with Crippen LogP contribution in [0.1, 0.15) is 5.82 Å². The third-order valence-corrected chi connectivity index (χ3v) is 1.57. The second-order valence-corrected chi connectivity index (χ2v) is 2.74. The number of anilines is 1. The van der Waals surface area contributed by atoms with Gasteiger partial charge in [0.1, 0.15) is 11.6 Å². The lowest BCUT2D eigenvalue weighted by molar-refractivity contribution is -0.118. The van der Waals surface area contributed by atoms with E-state index in [1.165, 1.54) is 6.07 Å². The Balaban J connectivity index is 2.68. The first-order valence-corrected chi connectivity index (χ1v) is 4.14. The number of amides is 1. The van der Waals surface area contributed by atoms with Crippen LogP contribution in [0.2, 0.25) is 0 Å². The first-order chi connectivity index (χ1) is 6.61. The van der Waals surface area contributed by atoms with E-state index in [4.69, 9.17) is 0 Å². The summed E-state index contributed by atoms with van der Waals surface area (Å²) < 4.78 is 0. The van der Waals surface area contributed by atoms with Gasteiger partial charge in [-0.15, -0.1) is 0 Å². The van der Waals surface area contributed by atoms with Gasteiger partial charge in [-0.05, 0) is 6.92 Å². The highest BCUT2D eigenvalue weighted by Crippen LogP contribution is 1.96. The van der Waals surface area contributed by atoms with E-state index >= 15 is 0 Å². The maximum atomic E-state index is 11.0. The van der Waals surface area contributed by atoms with E-state index in [1.54, 1.807) is 14.0 Å². The molecule has 0 saturated heterocycles. The minimum absolute atomic E-state index is 0.104. The van der Waals surface area contributed by atoms with E-state index in [2.05, 4.69) is 20.6 Å². The number of aromatic amines is 1. The minimum atomic E-state index is -0.239. The first-order valence-electron chi connectivity index (χ1n) is 4.14. The number of nitrogens with one attached hydrogen (secondary N) is 3. The monoisotopic (exact) mass is 196 g/mol. The Kier molecular flexibility index (Phi) is 3.22. The van der Waals surface area contributed by atoms with E-state index in [0.717, 1.165) is 0 Å². The average Bonchev–Trinajstić information content (AvgIpc) is 2.12. The van der Waals surface area contributed by atoms with Crippen LogP contribution in [0.3, 0.4) is 0 Å². The zero-order valence-electron chi connectivity index (χ0n) is 8.05. The summed E-state index contributed by atoms with van der Waals surface area (Å²) >= 11 is 0. The van der Waals surface area contributed by atoms with Crippen molar-refractivity contribution in [2.24, 2.45) is 0 Å². The molecule has 0 aliphatic carbocycles. The van der Waals surface area contributed by atoms with Crippen molar-refractivity contribution in [3.05, 3.63) is 22.2 Å². The molecule has 1 heterocycles.